The summed E-state index contributed by atoms with van der Waals surface area (Å²) >= 11 is 0. The molecule has 1 aromatic carbocycles. The molecule has 1 amide bonds. The molecule has 1 atom stereocenters. The minimum absolute atomic E-state index is 0.0575. The molecule has 5 nitrogen and oxygen atoms in total. The number of rotatable bonds is 5. The molecule has 128 valence electrons. The fourth-order valence-corrected chi connectivity index (χ4v) is 4.10. The Morgan fingerprint density at radius 2 is 2.00 bits per heavy atom. The van der Waals surface area contributed by atoms with Gasteiger partial charge in [0, 0.05) is 19.6 Å². The summed E-state index contributed by atoms with van der Waals surface area (Å²) in [6, 6.07) is 4.77. The number of sulfonamides is 1. The molecule has 1 saturated heterocycles. The second-order valence-corrected chi connectivity index (χ2v) is 8.23. The predicted octanol–water partition coefficient (Wildman–Crippen LogP) is 2.00. The third-order valence-electron chi connectivity index (χ3n) is 3.89. The second kappa shape index (κ2) is 7.40. The van der Waals surface area contributed by atoms with E-state index in [0.717, 1.165) is 12.1 Å². The first kappa shape index (κ1) is 17.9. The molecule has 23 heavy (non-hydrogen) atoms. The molecule has 1 N–H and O–H groups in total. The van der Waals surface area contributed by atoms with Gasteiger partial charge >= 0.3 is 0 Å². The smallest absolute Gasteiger partial charge is 0.243 e. The molecular weight excluding hydrogens is 319 g/mol. The number of carbonyl (C=O) groups is 1. The molecule has 1 unspecified atom stereocenters. The van der Waals surface area contributed by atoms with Crippen molar-refractivity contribution < 1.29 is 17.6 Å². The van der Waals surface area contributed by atoms with Crippen LogP contribution in [0.5, 0.6) is 0 Å². The number of benzene rings is 1. The van der Waals surface area contributed by atoms with Crippen LogP contribution in [-0.4, -0.2) is 38.3 Å². The van der Waals surface area contributed by atoms with Crippen LogP contribution in [0, 0.1) is 17.7 Å². The van der Waals surface area contributed by atoms with Crippen molar-refractivity contribution in [2.75, 3.05) is 19.6 Å². The first-order valence-electron chi connectivity index (χ1n) is 7.84. The minimum Gasteiger partial charge on any atom is -0.356 e. The zero-order chi connectivity index (χ0) is 17.0. The van der Waals surface area contributed by atoms with E-state index in [1.165, 1.54) is 16.4 Å². The third-order valence-corrected chi connectivity index (χ3v) is 5.77. The highest BCUT2D eigenvalue weighted by molar-refractivity contribution is 7.89. The summed E-state index contributed by atoms with van der Waals surface area (Å²) < 4.78 is 39.5. The Bertz CT molecular complexity index is 644. The molecule has 0 spiro atoms. The second-order valence-electron chi connectivity index (χ2n) is 6.30. The summed E-state index contributed by atoms with van der Waals surface area (Å²) in [4.78, 5) is 12.2. The molecule has 7 heteroatoms. The monoisotopic (exact) mass is 342 g/mol. The fourth-order valence-electron chi connectivity index (χ4n) is 2.58. The molecule has 1 aliphatic rings. The lowest BCUT2D eigenvalue weighted by molar-refractivity contribution is -0.126. The van der Waals surface area contributed by atoms with Gasteiger partial charge in [-0.1, -0.05) is 13.8 Å². The molecule has 0 bridgehead atoms. The highest BCUT2D eigenvalue weighted by atomic mass is 32.2. The third kappa shape index (κ3) is 4.51. The van der Waals surface area contributed by atoms with Crippen molar-refractivity contribution in [1.82, 2.24) is 9.62 Å². The van der Waals surface area contributed by atoms with E-state index in [0.29, 0.717) is 31.8 Å². The molecule has 2 rings (SSSR count). The molecule has 0 radical (unpaired) electrons. The minimum atomic E-state index is -3.69. The van der Waals surface area contributed by atoms with Gasteiger partial charge in [0.1, 0.15) is 5.82 Å². The van der Waals surface area contributed by atoms with Gasteiger partial charge in [-0.25, -0.2) is 12.8 Å². The first-order valence-corrected chi connectivity index (χ1v) is 9.28. The Labute approximate surface area is 136 Å². The molecule has 0 aliphatic carbocycles. The van der Waals surface area contributed by atoms with E-state index in [2.05, 4.69) is 5.32 Å². The zero-order valence-electron chi connectivity index (χ0n) is 13.5. The largest absolute Gasteiger partial charge is 0.356 e. The average Bonchev–Trinajstić information content (AvgIpc) is 2.53. The van der Waals surface area contributed by atoms with Crippen molar-refractivity contribution in [3.05, 3.63) is 30.1 Å². The van der Waals surface area contributed by atoms with Gasteiger partial charge in [-0.05, 0) is 43.0 Å². The van der Waals surface area contributed by atoms with Crippen LogP contribution in [0.1, 0.15) is 26.7 Å². The number of hydrogen-bond donors (Lipinski definition) is 1. The van der Waals surface area contributed by atoms with E-state index in [1.54, 1.807) is 0 Å². The highest BCUT2D eigenvalue weighted by Crippen LogP contribution is 2.24. The van der Waals surface area contributed by atoms with Crippen LogP contribution in [0.2, 0.25) is 0 Å². The lowest BCUT2D eigenvalue weighted by atomic mass is 9.98. The van der Waals surface area contributed by atoms with Crippen LogP contribution in [0.3, 0.4) is 0 Å². The Hall–Kier alpha value is -1.47. The number of nitrogens with one attached hydrogen (secondary N) is 1. The summed E-state index contributed by atoms with van der Waals surface area (Å²) in [6.07, 6.45) is 1.32. The number of nitrogens with zero attached hydrogens (tertiary/aromatic N) is 1. The highest BCUT2D eigenvalue weighted by Gasteiger charge is 2.33. The van der Waals surface area contributed by atoms with Crippen molar-refractivity contribution in [3.8, 4) is 0 Å². The Morgan fingerprint density at radius 3 is 2.61 bits per heavy atom. The summed E-state index contributed by atoms with van der Waals surface area (Å²) in [5.41, 5.74) is 0. The summed E-state index contributed by atoms with van der Waals surface area (Å²) in [7, 11) is -3.69. The van der Waals surface area contributed by atoms with E-state index in [4.69, 9.17) is 0 Å². The van der Waals surface area contributed by atoms with Crippen molar-refractivity contribution in [3.63, 3.8) is 0 Å². The normalized spacial score (nSPS) is 19.7. The summed E-state index contributed by atoms with van der Waals surface area (Å²) in [5.74, 6) is -0.564. The maximum Gasteiger partial charge on any atom is 0.243 e. The maximum absolute atomic E-state index is 13.0. The summed E-state index contributed by atoms with van der Waals surface area (Å²) in [5, 5.41) is 2.86. The van der Waals surface area contributed by atoms with E-state index >= 15 is 0 Å². The zero-order valence-corrected chi connectivity index (χ0v) is 14.3. The van der Waals surface area contributed by atoms with Crippen molar-refractivity contribution in [1.29, 1.82) is 0 Å². The Morgan fingerprint density at radius 1 is 1.35 bits per heavy atom. The quantitative estimate of drug-likeness (QED) is 0.890. The van der Waals surface area contributed by atoms with Gasteiger partial charge < -0.3 is 5.32 Å². The van der Waals surface area contributed by atoms with Gasteiger partial charge in [0.15, 0.2) is 0 Å². The van der Waals surface area contributed by atoms with Crippen molar-refractivity contribution in [2.24, 2.45) is 11.8 Å². The standard InChI is InChI=1S/C16H23FN2O3S/c1-12(2)10-18-16(20)13-4-3-9-19(11-13)23(21,22)15-7-5-14(17)6-8-15/h5-8,12-13H,3-4,9-11H2,1-2H3,(H,18,20). The number of amides is 1. The van der Waals surface area contributed by atoms with Gasteiger partial charge in [-0.2, -0.15) is 4.31 Å². The number of piperidine rings is 1. The van der Waals surface area contributed by atoms with Gasteiger partial charge in [-0.15, -0.1) is 0 Å². The molecule has 1 fully saturated rings. The topological polar surface area (TPSA) is 66.5 Å². The fraction of sp³-hybridized carbons (Fsp3) is 0.562. The van der Waals surface area contributed by atoms with Crippen LogP contribution in [0.25, 0.3) is 0 Å². The van der Waals surface area contributed by atoms with Crippen LogP contribution in [-0.2, 0) is 14.8 Å². The molecule has 0 aromatic heterocycles. The molecular formula is C16H23FN2O3S. The predicted molar refractivity (Wildman–Crippen MR) is 85.7 cm³/mol. The lowest BCUT2D eigenvalue weighted by Crippen LogP contribution is -2.45. The molecule has 1 aliphatic heterocycles. The SMILES string of the molecule is CC(C)CNC(=O)C1CCCN(S(=O)(=O)c2ccc(F)cc2)C1. The Kier molecular flexibility index (Phi) is 5.75. The van der Waals surface area contributed by atoms with Crippen LogP contribution >= 0.6 is 0 Å². The van der Waals surface area contributed by atoms with Crippen LogP contribution in [0.4, 0.5) is 4.39 Å². The van der Waals surface area contributed by atoms with Crippen molar-refractivity contribution in [2.45, 2.75) is 31.6 Å². The number of halogens is 1. The molecule has 1 heterocycles. The van der Waals surface area contributed by atoms with Crippen LogP contribution < -0.4 is 5.32 Å². The molecule has 1 aromatic rings. The number of carbonyl (C=O) groups excluding carboxylic acids is 1. The molecule has 0 saturated carbocycles. The van der Waals surface area contributed by atoms with E-state index in [9.17, 15) is 17.6 Å². The van der Waals surface area contributed by atoms with E-state index in [-0.39, 0.29) is 23.3 Å². The van der Waals surface area contributed by atoms with Gasteiger partial charge in [0.25, 0.3) is 0 Å². The van der Waals surface area contributed by atoms with E-state index < -0.39 is 15.8 Å². The van der Waals surface area contributed by atoms with Crippen molar-refractivity contribution >= 4 is 15.9 Å². The van der Waals surface area contributed by atoms with Crippen LogP contribution in [0.15, 0.2) is 29.2 Å². The number of hydrogen-bond acceptors (Lipinski definition) is 3. The lowest BCUT2D eigenvalue weighted by Gasteiger charge is -2.31. The van der Waals surface area contributed by atoms with Gasteiger partial charge in [0.05, 0.1) is 10.8 Å². The van der Waals surface area contributed by atoms with Gasteiger partial charge in [-0.3, -0.25) is 4.79 Å². The van der Waals surface area contributed by atoms with E-state index in [1.807, 2.05) is 13.8 Å². The van der Waals surface area contributed by atoms with Gasteiger partial charge in [0.2, 0.25) is 15.9 Å². The maximum atomic E-state index is 13.0. The average molecular weight is 342 g/mol. The first-order chi connectivity index (χ1) is 10.8. The Balaban J connectivity index is 2.08. The summed E-state index contributed by atoms with van der Waals surface area (Å²) in [6.45, 7) is 5.15.